The van der Waals surface area contributed by atoms with Gasteiger partial charge in [-0.2, -0.15) is 9.19 Å². The molecule has 0 spiro atoms. The molecule has 2 fully saturated rings. The van der Waals surface area contributed by atoms with Crippen LogP contribution in [-0.4, -0.2) is 73.2 Å². The summed E-state index contributed by atoms with van der Waals surface area (Å²) < 4.78 is 38.8. The fourth-order valence-corrected chi connectivity index (χ4v) is 7.54. The first-order chi connectivity index (χ1) is 21.1. The van der Waals surface area contributed by atoms with Gasteiger partial charge in [-0.15, -0.1) is 11.3 Å². The van der Waals surface area contributed by atoms with Crippen LogP contribution in [0, 0.1) is 0 Å². The number of hydrogen-bond donors (Lipinski definition) is 4. The molecular weight excluding hydrogens is 606 g/mol. The van der Waals surface area contributed by atoms with Gasteiger partial charge in [0.2, 0.25) is 0 Å². The van der Waals surface area contributed by atoms with Crippen molar-refractivity contribution < 1.29 is 17.9 Å². The van der Waals surface area contributed by atoms with E-state index >= 15 is 0 Å². The number of aliphatic hydroxyl groups is 1. The van der Waals surface area contributed by atoms with Crippen molar-refractivity contribution >= 4 is 38.7 Å². The lowest BCUT2D eigenvalue weighted by Crippen LogP contribution is -2.37. The number of thiazole rings is 1. The van der Waals surface area contributed by atoms with Crippen molar-refractivity contribution in [2.24, 2.45) is 0 Å². The van der Waals surface area contributed by atoms with Gasteiger partial charge in [-0.25, -0.2) is 32.7 Å². The van der Waals surface area contributed by atoms with E-state index in [9.17, 15) is 17.9 Å². The molecule has 6 rings (SSSR count). The number of nitrogens with zero attached hydrogens (tertiary/aromatic N) is 6. The van der Waals surface area contributed by atoms with Crippen molar-refractivity contribution in [1.82, 2.24) is 34.4 Å². The molecule has 0 saturated heterocycles. The molecule has 2 aliphatic carbocycles. The summed E-state index contributed by atoms with van der Waals surface area (Å²) in [6.45, 7) is 3.44. The molecule has 234 valence electrons. The van der Waals surface area contributed by atoms with E-state index in [-0.39, 0.29) is 18.0 Å². The van der Waals surface area contributed by atoms with Crippen LogP contribution in [0.2, 0.25) is 0 Å². The van der Waals surface area contributed by atoms with Crippen LogP contribution >= 0.6 is 11.3 Å². The monoisotopic (exact) mass is 641 g/mol. The fraction of sp³-hybridized carbons (Fsp3) is 0.483. The molecule has 12 nitrogen and oxygen atoms in total. The Morgan fingerprint density at radius 3 is 2.55 bits per heavy atom. The van der Waals surface area contributed by atoms with Crippen LogP contribution in [0.5, 0.6) is 0 Å². The number of anilines is 3. The van der Waals surface area contributed by atoms with Crippen molar-refractivity contribution in [3.63, 3.8) is 0 Å². The molecule has 2 saturated carbocycles. The molecule has 0 amide bonds. The quantitative estimate of drug-likeness (QED) is 0.173. The van der Waals surface area contributed by atoms with E-state index in [1.54, 1.807) is 32.3 Å². The minimum atomic E-state index is -3.49. The molecule has 4 aromatic rings. The number of pyridine rings is 1. The van der Waals surface area contributed by atoms with Crippen LogP contribution in [-0.2, 0) is 15.6 Å². The van der Waals surface area contributed by atoms with Gasteiger partial charge in [-0.3, -0.25) is 0 Å². The highest BCUT2D eigenvalue weighted by atomic mass is 32.2. The molecule has 0 radical (unpaired) electrons. The van der Waals surface area contributed by atoms with Crippen LogP contribution < -0.4 is 16.0 Å². The highest BCUT2D eigenvalue weighted by Gasteiger charge is 2.37. The topological polar surface area (TPSA) is 160 Å². The summed E-state index contributed by atoms with van der Waals surface area (Å²) in [6.07, 6.45) is 11.3. The molecule has 4 N–H and O–H groups in total. The Morgan fingerprint density at radius 1 is 1.07 bits per heavy atom. The third-order valence-corrected chi connectivity index (χ3v) is 10.9. The van der Waals surface area contributed by atoms with Gasteiger partial charge in [0.15, 0.2) is 5.82 Å². The zero-order chi connectivity index (χ0) is 30.9. The van der Waals surface area contributed by atoms with Gasteiger partial charge in [-0.05, 0) is 58.4 Å². The van der Waals surface area contributed by atoms with E-state index in [0.29, 0.717) is 53.5 Å². The Hall–Kier alpha value is -3.53. The molecule has 44 heavy (non-hydrogen) atoms. The van der Waals surface area contributed by atoms with Crippen molar-refractivity contribution in [2.75, 3.05) is 23.9 Å². The second kappa shape index (κ2) is 12.5. The number of alkyl halides is 1. The first-order valence-corrected chi connectivity index (χ1v) is 17.1. The maximum atomic E-state index is 12.6. The van der Waals surface area contributed by atoms with Crippen LogP contribution in [0.3, 0.4) is 0 Å². The van der Waals surface area contributed by atoms with E-state index in [1.165, 1.54) is 23.7 Å². The lowest BCUT2D eigenvalue weighted by atomic mass is 9.91. The predicted octanol–water partition coefficient (Wildman–Crippen LogP) is 4.45. The standard InChI is InChI=1S/C29H36FN9O3S2/c1-29(2,40)28-36-24(17-43-28)22-15-33-26(13-23(22)35-20-5-3-19(4-6-20)31-12-10-30)37-25-9-11-32-27(38-25)18-14-34-39(16-18)44(41,42)21-7-8-21/h9,11,13-17,19-21,31,40H,3-8,10,12H2,1-2H3,(H2,32,33,35,37,38). The van der Waals surface area contributed by atoms with Gasteiger partial charge < -0.3 is 21.1 Å². The SMILES string of the molecule is CC(C)(O)c1nc(-c2cnc(Nc3ccnc(-c4cnn(S(=O)(=O)C5CC5)c4)n3)cc2NC2CCC(NCCF)CC2)cs1. The van der Waals surface area contributed by atoms with Crippen molar-refractivity contribution in [3.05, 3.63) is 47.3 Å². The number of nitrogens with one attached hydrogen (secondary N) is 3. The Balaban J connectivity index is 1.23. The molecule has 0 aliphatic heterocycles. The van der Waals surface area contributed by atoms with Crippen LogP contribution in [0.4, 0.5) is 21.7 Å². The molecule has 0 aromatic carbocycles. The van der Waals surface area contributed by atoms with E-state index in [4.69, 9.17) is 4.98 Å². The molecular formula is C29H36FN9O3S2. The minimum absolute atomic E-state index is 0.217. The molecule has 15 heteroatoms. The van der Waals surface area contributed by atoms with Gasteiger partial charge in [-0.1, -0.05) is 0 Å². The number of hydrogen-bond acceptors (Lipinski definition) is 12. The van der Waals surface area contributed by atoms with Crippen LogP contribution in [0.25, 0.3) is 22.6 Å². The number of halogens is 1. The first-order valence-electron chi connectivity index (χ1n) is 14.7. The van der Waals surface area contributed by atoms with E-state index < -0.39 is 15.6 Å². The lowest BCUT2D eigenvalue weighted by Gasteiger charge is -2.30. The summed E-state index contributed by atoms with van der Waals surface area (Å²) in [5.41, 5.74) is 1.81. The van der Waals surface area contributed by atoms with Gasteiger partial charge in [0.1, 0.15) is 28.9 Å². The molecule has 0 unspecified atom stereocenters. The average Bonchev–Trinajstić information content (AvgIpc) is 3.53. The van der Waals surface area contributed by atoms with Crippen LogP contribution in [0.15, 0.2) is 42.3 Å². The van der Waals surface area contributed by atoms with Crippen molar-refractivity contribution in [2.45, 2.75) is 75.3 Å². The molecule has 2 aliphatic rings. The Bertz CT molecular complexity index is 1710. The van der Waals surface area contributed by atoms with Gasteiger partial charge in [0, 0.05) is 53.7 Å². The van der Waals surface area contributed by atoms with Crippen molar-refractivity contribution in [1.29, 1.82) is 0 Å². The first kappa shape index (κ1) is 30.5. The lowest BCUT2D eigenvalue weighted by molar-refractivity contribution is 0.0783. The van der Waals surface area contributed by atoms with Crippen LogP contribution in [0.1, 0.15) is 57.4 Å². The minimum Gasteiger partial charge on any atom is -0.383 e. The Labute approximate surface area is 259 Å². The fourth-order valence-electron chi connectivity index (χ4n) is 5.22. The summed E-state index contributed by atoms with van der Waals surface area (Å²) in [6, 6.07) is 4.15. The molecule has 0 bridgehead atoms. The number of aromatic nitrogens is 6. The summed E-state index contributed by atoms with van der Waals surface area (Å²) >= 11 is 1.40. The smallest absolute Gasteiger partial charge is 0.256 e. The summed E-state index contributed by atoms with van der Waals surface area (Å²) in [7, 11) is -3.49. The van der Waals surface area contributed by atoms with Gasteiger partial charge in [0.05, 0.1) is 28.9 Å². The highest BCUT2D eigenvalue weighted by molar-refractivity contribution is 7.90. The van der Waals surface area contributed by atoms with E-state index in [2.05, 4.69) is 36.0 Å². The summed E-state index contributed by atoms with van der Waals surface area (Å²) in [4.78, 5) is 18.2. The summed E-state index contributed by atoms with van der Waals surface area (Å²) in [5, 5.41) is 26.9. The zero-order valence-electron chi connectivity index (χ0n) is 24.6. The maximum absolute atomic E-state index is 12.6. The zero-order valence-corrected chi connectivity index (χ0v) is 26.2. The van der Waals surface area contributed by atoms with E-state index in [1.807, 2.05) is 11.4 Å². The van der Waals surface area contributed by atoms with Crippen molar-refractivity contribution in [3.8, 4) is 22.6 Å². The molecule has 4 heterocycles. The third-order valence-electron chi connectivity index (χ3n) is 7.76. The normalized spacial score (nSPS) is 19.2. The maximum Gasteiger partial charge on any atom is 0.256 e. The Morgan fingerprint density at radius 2 is 1.84 bits per heavy atom. The second-order valence-electron chi connectivity index (χ2n) is 11.8. The summed E-state index contributed by atoms with van der Waals surface area (Å²) in [5.74, 6) is 1.36. The van der Waals surface area contributed by atoms with Gasteiger partial charge >= 0.3 is 0 Å². The Kier molecular flexibility index (Phi) is 8.64. The third kappa shape index (κ3) is 6.90. The second-order valence-corrected chi connectivity index (χ2v) is 14.7. The predicted molar refractivity (Wildman–Crippen MR) is 168 cm³/mol. The number of rotatable bonds is 12. The molecule has 4 aromatic heterocycles. The molecule has 0 atom stereocenters. The van der Waals surface area contributed by atoms with E-state index in [0.717, 1.165) is 46.7 Å². The van der Waals surface area contributed by atoms with Gasteiger partial charge in [0.25, 0.3) is 10.0 Å². The highest BCUT2D eigenvalue weighted by Crippen LogP contribution is 2.35. The largest absolute Gasteiger partial charge is 0.383 e. The average molecular weight is 642 g/mol.